The van der Waals surface area contributed by atoms with Crippen LogP contribution in [0.5, 0.6) is 0 Å². The summed E-state index contributed by atoms with van der Waals surface area (Å²) in [6.45, 7) is 11.9. The average molecular weight is 319 g/mol. The normalized spacial score (nSPS) is 15.6. The molecule has 1 rings (SSSR count). The number of sulfonamides is 1. The van der Waals surface area contributed by atoms with Gasteiger partial charge in [-0.3, -0.25) is 0 Å². The maximum absolute atomic E-state index is 12.3. The fourth-order valence-electron chi connectivity index (χ4n) is 1.88. The molecule has 2 unspecified atom stereocenters. The first-order valence-electron chi connectivity index (χ1n) is 6.82. The van der Waals surface area contributed by atoms with Crippen molar-refractivity contribution in [2.45, 2.75) is 58.9 Å². The number of aromatic nitrogens is 1. The second-order valence-corrected chi connectivity index (χ2v) is 8.81. The molecule has 0 saturated carbocycles. The molecule has 0 aliphatic carbocycles. The van der Waals surface area contributed by atoms with Crippen LogP contribution in [0.1, 0.15) is 49.3 Å². The first-order valence-corrected chi connectivity index (χ1v) is 9.18. The summed E-state index contributed by atoms with van der Waals surface area (Å²) < 4.78 is 27.3. The van der Waals surface area contributed by atoms with Crippen LogP contribution >= 0.6 is 11.3 Å². The zero-order chi connectivity index (χ0) is 15.5. The molecule has 2 N–H and O–H groups in total. The van der Waals surface area contributed by atoms with Gasteiger partial charge in [0.2, 0.25) is 10.0 Å². The van der Waals surface area contributed by atoms with Crippen molar-refractivity contribution in [3.63, 3.8) is 0 Å². The average Bonchev–Trinajstić information content (AvgIpc) is 2.64. The van der Waals surface area contributed by atoms with Gasteiger partial charge in [-0.1, -0.05) is 13.8 Å². The largest absolute Gasteiger partial charge is 0.313 e. The molecule has 116 valence electrons. The van der Waals surface area contributed by atoms with Crippen molar-refractivity contribution in [1.29, 1.82) is 0 Å². The minimum atomic E-state index is -3.34. The molecule has 1 heterocycles. The van der Waals surface area contributed by atoms with Crippen LogP contribution < -0.4 is 10.0 Å². The lowest BCUT2D eigenvalue weighted by Crippen LogP contribution is -2.41. The predicted molar refractivity (Wildman–Crippen MR) is 84.7 cm³/mol. The molecule has 0 saturated heterocycles. The number of thiazole rings is 1. The van der Waals surface area contributed by atoms with Gasteiger partial charge in [0, 0.05) is 17.5 Å². The van der Waals surface area contributed by atoms with Gasteiger partial charge >= 0.3 is 0 Å². The molecule has 0 aliphatic heterocycles. The second kappa shape index (κ2) is 6.98. The molecular weight excluding hydrogens is 294 g/mol. The summed E-state index contributed by atoms with van der Waals surface area (Å²) in [6.07, 6.45) is 0. The Morgan fingerprint density at radius 3 is 2.25 bits per heavy atom. The maximum atomic E-state index is 12.3. The van der Waals surface area contributed by atoms with Crippen LogP contribution in [0.4, 0.5) is 0 Å². The molecule has 0 spiro atoms. The highest BCUT2D eigenvalue weighted by Crippen LogP contribution is 2.25. The van der Waals surface area contributed by atoms with E-state index in [0.717, 1.165) is 15.6 Å². The highest BCUT2D eigenvalue weighted by molar-refractivity contribution is 7.90. The number of rotatable bonds is 7. The number of hydrogen-bond acceptors (Lipinski definition) is 5. The molecule has 1 aromatic rings. The molecule has 7 heteroatoms. The predicted octanol–water partition coefficient (Wildman–Crippen LogP) is 2.13. The van der Waals surface area contributed by atoms with E-state index < -0.39 is 15.3 Å². The fraction of sp³-hybridized carbons (Fsp3) is 0.769. The van der Waals surface area contributed by atoms with Gasteiger partial charge in [0.25, 0.3) is 0 Å². The molecular formula is C13H25N3O2S2. The van der Waals surface area contributed by atoms with Gasteiger partial charge in [-0.2, -0.15) is 0 Å². The van der Waals surface area contributed by atoms with Crippen molar-refractivity contribution in [2.75, 3.05) is 6.54 Å². The highest BCUT2D eigenvalue weighted by atomic mass is 32.2. The lowest BCUT2D eigenvalue weighted by Gasteiger charge is -2.19. The van der Waals surface area contributed by atoms with Crippen molar-refractivity contribution >= 4 is 21.4 Å². The molecule has 0 radical (unpaired) electrons. The van der Waals surface area contributed by atoms with E-state index in [4.69, 9.17) is 0 Å². The standard InChI is InChI=1S/C13H25N3O2S2/c1-8(2)14-7-9(3)20(17,18)16-11(5)13-10(4)15-12(6)19-13/h8-9,11,14,16H,7H2,1-6H3. The Kier molecular flexibility index (Phi) is 6.12. The van der Waals surface area contributed by atoms with Crippen LogP contribution in [0.15, 0.2) is 0 Å². The van der Waals surface area contributed by atoms with Gasteiger partial charge in [0.05, 0.1) is 22.0 Å². The van der Waals surface area contributed by atoms with Crippen molar-refractivity contribution in [3.8, 4) is 0 Å². The third-order valence-electron chi connectivity index (χ3n) is 3.02. The van der Waals surface area contributed by atoms with Crippen LogP contribution in [0, 0.1) is 13.8 Å². The van der Waals surface area contributed by atoms with E-state index in [2.05, 4.69) is 15.0 Å². The summed E-state index contributed by atoms with van der Waals surface area (Å²) in [5.41, 5.74) is 0.899. The van der Waals surface area contributed by atoms with Gasteiger partial charge in [0.1, 0.15) is 0 Å². The Morgan fingerprint density at radius 1 is 1.20 bits per heavy atom. The Morgan fingerprint density at radius 2 is 1.80 bits per heavy atom. The molecule has 0 aromatic carbocycles. The van der Waals surface area contributed by atoms with Gasteiger partial charge in [-0.15, -0.1) is 11.3 Å². The zero-order valence-corrected chi connectivity index (χ0v) is 14.7. The molecule has 0 aliphatic rings. The summed E-state index contributed by atoms with van der Waals surface area (Å²) >= 11 is 1.54. The Balaban J connectivity index is 2.73. The van der Waals surface area contributed by atoms with Crippen LogP contribution in [0.3, 0.4) is 0 Å². The summed E-state index contributed by atoms with van der Waals surface area (Å²) in [4.78, 5) is 5.32. The smallest absolute Gasteiger partial charge is 0.216 e. The van der Waals surface area contributed by atoms with Gasteiger partial charge in [0.15, 0.2) is 0 Å². The van der Waals surface area contributed by atoms with Crippen LogP contribution in [-0.4, -0.2) is 31.2 Å². The molecule has 20 heavy (non-hydrogen) atoms. The van der Waals surface area contributed by atoms with Gasteiger partial charge in [-0.05, 0) is 27.7 Å². The van der Waals surface area contributed by atoms with Crippen molar-refractivity contribution in [2.24, 2.45) is 0 Å². The topological polar surface area (TPSA) is 71.1 Å². The van der Waals surface area contributed by atoms with E-state index >= 15 is 0 Å². The minimum absolute atomic E-state index is 0.243. The summed E-state index contributed by atoms with van der Waals surface area (Å²) in [5.74, 6) is 0. The van der Waals surface area contributed by atoms with Crippen LogP contribution in [-0.2, 0) is 10.0 Å². The summed E-state index contributed by atoms with van der Waals surface area (Å²) in [7, 11) is -3.34. The Labute approximate surface area is 126 Å². The van der Waals surface area contributed by atoms with Crippen molar-refractivity contribution < 1.29 is 8.42 Å². The Hall–Kier alpha value is -0.500. The Bertz CT molecular complexity index is 538. The second-order valence-electron chi connectivity index (χ2n) is 5.44. The molecule has 0 bridgehead atoms. The summed E-state index contributed by atoms with van der Waals surface area (Å²) in [6, 6.07) is 0.0316. The van der Waals surface area contributed by atoms with Crippen LogP contribution in [0.25, 0.3) is 0 Å². The van der Waals surface area contributed by atoms with E-state index in [9.17, 15) is 8.42 Å². The van der Waals surface area contributed by atoms with E-state index in [0.29, 0.717) is 6.54 Å². The quantitative estimate of drug-likeness (QED) is 0.807. The van der Waals surface area contributed by atoms with Crippen LogP contribution in [0.2, 0.25) is 0 Å². The number of aryl methyl sites for hydroxylation is 2. The number of hydrogen-bond donors (Lipinski definition) is 2. The minimum Gasteiger partial charge on any atom is -0.313 e. The number of nitrogens with one attached hydrogen (secondary N) is 2. The molecule has 2 atom stereocenters. The van der Waals surface area contributed by atoms with E-state index in [1.54, 1.807) is 6.92 Å². The van der Waals surface area contributed by atoms with E-state index in [1.807, 2.05) is 34.6 Å². The third-order valence-corrected chi connectivity index (χ3v) is 6.18. The maximum Gasteiger partial charge on any atom is 0.216 e. The fourth-order valence-corrected chi connectivity index (χ4v) is 4.04. The number of nitrogens with zero attached hydrogens (tertiary/aromatic N) is 1. The van der Waals surface area contributed by atoms with E-state index in [1.165, 1.54) is 11.3 Å². The first-order chi connectivity index (χ1) is 9.13. The highest BCUT2D eigenvalue weighted by Gasteiger charge is 2.25. The van der Waals surface area contributed by atoms with Gasteiger partial charge in [-0.25, -0.2) is 18.1 Å². The SMILES string of the molecule is Cc1nc(C)c(C(C)NS(=O)(=O)C(C)CNC(C)C)s1. The monoisotopic (exact) mass is 319 g/mol. The van der Waals surface area contributed by atoms with Gasteiger partial charge < -0.3 is 5.32 Å². The first kappa shape index (κ1) is 17.6. The third kappa shape index (κ3) is 4.80. The summed E-state index contributed by atoms with van der Waals surface area (Å²) in [5, 5.41) is 3.64. The molecule has 0 fully saturated rings. The molecule has 1 aromatic heterocycles. The lowest BCUT2D eigenvalue weighted by atomic mass is 10.2. The molecule has 0 amide bonds. The van der Waals surface area contributed by atoms with Crippen molar-refractivity contribution in [1.82, 2.24) is 15.0 Å². The van der Waals surface area contributed by atoms with E-state index in [-0.39, 0.29) is 12.1 Å². The zero-order valence-electron chi connectivity index (χ0n) is 13.0. The van der Waals surface area contributed by atoms with Crippen molar-refractivity contribution in [3.05, 3.63) is 15.6 Å². The lowest BCUT2D eigenvalue weighted by molar-refractivity contribution is 0.532. The molecule has 5 nitrogen and oxygen atoms in total.